The van der Waals surface area contributed by atoms with Crippen molar-refractivity contribution in [2.45, 2.75) is 0 Å². The number of halogens is 1. The monoisotopic (exact) mass is 197 g/mol. The molecule has 0 aliphatic heterocycles. The quantitative estimate of drug-likeness (QED) is 0.658. The molecular formula is C8H4ClNOS. The molecule has 2 nitrogen and oxygen atoms in total. The molecule has 0 radical (unpaired) electrons. The predicted molar refractivity (Wildman–Crippen MR) is 50.0 cm³/mol. The van der Waals surface area contributed by atoms with E-state index in [0.29, 0.717) is 9.90 Å². The third kappa shape index (κ3) is 1.02. The van der Waals surface area contributed by atoms with E-state index in [1.807, 2.05) is 6.07 Å². The van der Waals surface area contributed by atoms with E-state index in [0.717, 1.165) is 16.4 Å². The van der Waals surface area contributed by atoms with Crippen molar-refractivity contribution in [3.8, 4) is 0 Å². The Labute approximate surface area is 77.8 Å². The average molecular weight is 198 g/mol. The summed E-state index contributed by atoms with van der Waals surface area (Å²) in [7, 11) is 0. The maximum Gasteiger partial charge on any atom is 0.161 e. The minimum atomic E-state index is 0.512. The van der Waals surface area contributed by atoms with Crippen LogP contribution in [0.5, 0.6) is 0 Å². The van der Waals surface area contributed by atoms with E-state index in [1.54, 1.807) is 12.4 Å². The molecule has 0 amide bonds. The second kappa shape index (κ2) is 2.84. The maximum atomic E-state index is 10.5. The number of hydrogen-bond donors (Lipinski definition) is 0. The van der Waals surface area contributed by atoms with E-state index >= 15 is 0 Å². The molecule has 2 aromatic rings. The molecule has 2 heterocycles. The number of carbonyl (C=O) groups excluding carboxylic acids is 1. The second-order valence-electron chi connectivity index (χ2n) is 2.27. The molecule has 0 aliphatic carbocycles. The first-order valence-corrected chi connectivity index (χ1v) is 4.49. The number of fused-ring (bicyclic) bond motifs is 1. The van der Waals surface area contributed by atoms with Crippen LogP contribution >= 0.6 is 22.9 Å². The zero-order valence-electron chi connectivity index (χ0n) is 5.95. The van der Waals surface area contributed by atoms with Gasteiger partial charge in [-0.1, -0.05) is 11.6 Å². The van der Waals surface area contributed by atoms with Gasteiger partial charge in [0.05, 0.1) is 9.90 Å². The number of aldehydes is 1. The number of pyridine rings is 1. The van der Waals surface area contributed by atoms with Crippen LogP contribution in [0, 0.1) is 0 Å². The molecular weight excluding hydrogens is 194 g/mol. The van der Waals surface area contributed by atoms with Crippen LogP contribution in [0.1, 0.15) is 9.67 Å². The van der Waals surface area contributed by atoms with E-state index < -0.39 is 0 Å². The highest BCUT2D eigenvalue weighted by Crippen LogP contribution is 2.32. The highest BCUT2D eigenvalue weighted by Gasteiger charge is 2.08. The fraction of sp³-hybridized carbons (Fsp3) is 0. The molecule has 0 unspecified atom stereocenters. The van der Waals surface area contributed by atoms with Gasteiger partial charge in [-0.15, -0.1) is 11.3 Å². The summed E-state index contributed by atoms with van der Waals surface area (Å²) in [5, 5.41) is 1.37. The third-order valence-corrected chi connectivity index (χ3v) is 3.18. The molecule has 0 spiro atoms. The van der Waals surface area contributed by atoms with Gasteiger partial charge in [-0.05, 0) is 6.07 Å². The lowest BCUT2D eigenvalue weighted by molar-refractivity contribution is 0.112. The molecule has 0 saturated heterocycles. The molecule has 12 heavy (non-hydrogen) atoms. The molecule has 60 valence electrons. The second-order valence-corrected chi connectivity index (χ2v) is 3.73. The van der Waals surface area contributed by atoms with E-state index in [1.165, 1.54) is 11.3 Å². The Kier molecular flexibility index (Phi) is 1.83. The van der Waals surface area contributed by atoms with Crippen LogP contribution in [-0.2, 0) is 0 Å². The zero-order valence-corrected chi connectivity index (χ0v) is 7.52. The number of rotatable bonds is 1. The van der Waals surface area contributed by atoms with Gasteiger partial charge in [-0.3, -0.25) is 9.78 Å². The topological polar surface area (TPSA) is 30.0 Å². The average Bonchev–Trinajstić information content (AvgIpc) is 2.44. The normalized spacial score (nSPS) is 10.4. The van der Waals surface area contributed by atoms with E-state index in [4.69, 9.17) is 11.6 Å². The van der Waals surface area contributed by atoms with E-state index in [2.05, 4.69) is 4.98 Å². The van der Waals surface area contributed by atoms with Crippen molar-refractivity contribution in [2.24, 2.45) is 0 Å². The summed E-state index contributed by atoms with van der Waals surface area (Å²) in [5.41, 5.74) is 0. The number of carbonyl (C=O) groups is 1. The van der Waals surface area contributed by atoms with Crippen molar-refractivity contribution >= 4 is 39.3 Å². The molecule has 4 heteroatoms. The summed E-state index contributed by atoms with van der Waals surface area (Å²) in [6, 6.07) is 1.85. The fourth-order valence-electron chi connectivity index (χ4n) is 1.01. The smallest absolute Gasteiger partial charge is 0.161 e. The summed E-state index contributed by atoms with van der Waals surface area (Å²) in [6.45, 7) is 0. The van der Waals surface area contributed by atoms with Crippen LogP contribution in [0.4, 0.5) is 0 Å². The molecule has 2 aromatic heterocycles. The Morgan fingerprint density at radius 1 is 1.58 bits per heavy atom. The van der Waals surface area contributed by atoms with E-state index in [-0.39, 0.29) is 0 Å². The first-order valence-electron chi connectivity index (χ1n) is 3.30. The minimum Gasteiger partial charge on any atom is -0.297 e. The molecule has 0 atom stereocenters. The standard InChI is InChI=1S/C8H4ClNOS/c9-8-5-3-10-2-1-6(5)12-7(8)4-11/h1-4H. The van der Waals surface area contributed by atoms with Crippen LogP contribution < -0.4 is 0 Å². The molecule has 0 fully saturated rings. The first-order chi connectivity index (χ1) is 5.83. The van der Waals surface area contributed by atoms with Crippen molar-refractivity contribution in [3.05, 3.63) is 28.4 Å². The molecule has 0 aliphatic rings. The first kappa shape index (κ1) is 7.71. The number of thiophene rings is 1. The lowest BCUT2D eigenvalue weighted by Gasteiger charge is -1.85. The Morgan fingerprint density at radius 2 is 2.42 bits per heavy atom. The Balaban J connectivity index is 2.87. The summed E-state index contributed by atoms with van der Waals surface area (Å²) in [4.78, 5) is 15.0. The van der Waals surface area contributed by atoms with Crippen molar-refractivity contribution in [1.82, 2.24) is 4.98 Å². The highest BCUT2D eigenvalue weighted by molar-refractivity contribution is 7.21. The lowest BCUT2D eigenvalue weighted by Crippen LogP contribution is -1.70. The van der Waals surface area contributed by atoms with Crippen molar-refractivity contribution in [2.75, 3.05) is 0 Å². The SMILES string of the molecule is O=Cc1sc2ccncc2c1Cl. The van der Waals surface area contributed by atoms with Crippen LogP contribution in [0.25, 0.3) is 10.1 Å². The van der Waals surface area contributed by atoms with Gasteiger partial charge in [0.15, 0.2) is 6.29 Å². The largest absolute Gasteiger partial charge is 0.297 e. The van der Waals surface area contributed by atoms with Gasteiger partial charge < -0.3 is 0 Å². The van der Waals surface area contributed by atoms with Crippen LogP contribution in [0.15, 0.2) is 18.5 Å². The molecule has 0 N–H and O–H groups in total. The van der Waals surface area contributed by atoms with Gasteiger partial charge in [0.2, 0.25) is 0 Å². The molecule has 2 rings (SSSR count). The summed E-state index contributed by atoms with van der Waals surface area (Å²) in [6.07, 6.45) is 4.12. The van der Waals surface area contributed by atoms with Gasteiger partial charge >= 0.3 is 0 Å². The Morgan fingerprint density at radius 3 is 3.08 bits per heavy atom. The van der Waals surface area contributed by atoms with Crippen molar-refractivity contribution in [3.63, 3.8) is 0 Å². The van der Waals surface area contributed by atoms with Gasteiger partial charge in [0, 0.05) is 22.5 Å². The Hall–Kier alpha value is -0.930. The van der Waals surface area contributed by atoms with Crippen molar-refractivity contribution < 1.29 is 4.79 Å². The third-order valence-electron chi connectivity index (χ3n) is 1.56. The maximum absolute atomic E-state index is 10.5. The fourth-order valence-corrected chi connectivity index (χ4v) is 2.25. The van der Waals surface area contributed by atoms with Crippen LogP contribution in [0.3, 0.4) is 0 Å². The van der Waals surface area contributed by atoms with Crippen molar-refractivity contribution in [1.29, 1.82) is 0 Å². The van der Waals surface area contributed by atoms with Crippen LogP contribution in [-0.4, -0.2) is 11.3 Å². The lowest BCUT2D eigenvalue weighted by atomic mass is 10.3. The van der Waals surface area contributed by atoms with Crippen LogP contribution in [0.2, 0.25) is 5.02 Å². The Bertz CT molecular complexity index is 438. The summed E-state index contributed by atoms with van der Waals surface area (Å²) < 4.78 is 0.997. The summed E-state index contributed by atoms with van der Waals surface area (Å²) in [5.74, 6) is 0. The molecule has 0 aromatic carbocycles. The van der Waals surface area contributed by atoms with Gasteiger partial charge in [-0.25, -0.2) is 0 Å². The van der Waals surface area contributed by atoms with Gasteiger partial charge in [-0.2, -0.15) is 0 Å². The zero-order chi connectivity index (χ0) is 8.55. The van der Waals surface area contributed by atoms with Gasteiger partial charge in [0.1, 0.15) is 0 Å². The minimum absolute atomic E-state index is 0.512. The molecule has 0 saturated carbocycles. The predicted octanol–water partition coefficient (Wildman–Crippen LogP) is 2.76. The van der Waals surface area contributed by atoms with E-state index in [9.17, 15) is 4.79 Å². The number of hydrogen-bond acceptors (Lipinski definition) is 3. The van der Waals surface area contributed by atoms with Gasteiger partial charge in [0.25, 0.3) is 0 Å². The number of nitrogens with zero attached hydrogens (tertiary/aromatic N) is 1. The number of aromatic nitrogens is 1. The summed E-state index contributed by atoms with van der Waals surface area (Å²) >= 11 is 7.28. The highest BCUT2D eigenvalue weighted by atomic mass is 35.5. The molecule has 0 bridgehead atoms.